The van der Waals surface area contributed by atoms with Gasteiger partial charge in [-0.3, -0.25) is 14.6 Å². The maximum Gasteiger partial charge on any atom is 0.433 e. The molecule has 0 bridgehead atoms. The Hall–Kier alpha value is -2.71. The molecule has 2 aromatic heterocycles. The first-order chi connectivity index (χ1) is 13.3. The summed E-state index contributed by atoms with van der Waals surface area (Å²) >= 11 is 0. The lowest BCUT2D eigenvalue weighted by atomic mass is 10.0. The van der Waals surface area contributed by atoms with Crippen LogP contribution < -0.4 is 5.56 Å². The van der Waals surface area contributed by atoms with E-state index in [0.717, 1.165) is 36.9 Å². The van der Waals surface area contributed by atoms with Crippen LogP contribution >= 0.6 is 0 Å². The minimum absolute atomic E-state index is 0.0824. The monoisotopic (exact) mass is 392 g/mol. The van der Waals surface area contributed by atoms with E-state index in [4.69, 9.17) is 0 Å². The van der Waals surface area contributed by atoms with Gasteiger partial charge < -0.3 is 4.90 Å². The fourth-order valence-electron chi connectivity index (χ4n) is 3.48. The summed E-state index contributed by atoms with van der Waals surface area (Å²) in [5.74, 6) is 0.0902. The van der Waals surface area contributed by atoms with Gasteiger partial charge in [-0.25, -0.2) is 4.68 Å². The van der Waals surface area contributed by atoms with Gasteiger partial charge in [-0.05, 0) is 43.9 Å². The molecule has 3 heterocycles. The number of rotatable bonds is 3. The summed E-state index contributed by atoms with van der Waals surface area (Å²) in [6, 6.07) is 5.21. The summed E-state index contributed by atoms with van der Waals surface area (Å²) in [5.41, 5.74) is -0.115. The lowest BCUT2D eigenvalue weighted by Gasteiger charge is -2.32. The standard InChI is InChI=1S/C19H19F3N4O2/c20-19(21,22)16-5-3-13(11-23-16)18(28)25-9-7-14(8-10-25)26-17(27)6-4-15(24-26)12-1-2-12/h3-6,11-12,14H,1-2,7-10H2. The van der Waals surface area contributed by atoms with Crippen molar-refractivity contribution in [3.63, 3.8) is 0 Å². The normalized spacial score (nSPS) is 18.3. The molecule has 1 saturated heterocycles. The molecular weight excluding hydrogens is 373 g/mol. The van der Waals surface area contributed by atoms with Crippen LogP contribution in [0.4, 0.5) is 13.2 Å². The number of halogens is 3. The van der Waals surface area contributed by atoms with Crippen LogP contribution in [0.5, 0.6) is 0 Å². The number of likely N-dealkylation sites (tertiary alicyclic amines) is 1. The maximum absolute atomic E-state index is 12.6. The minimum atomic E-state index is -4.53. The highest BCUT2D eigenvalue weighted by Gasteiger charge is 2.33. The Bertz CT molecular complexity index is 927. The molecule has 2 aliphatic rings. The Labute approximate surface area is 159 Å². The van der Waals surface area contributed by atoms with Crippen molar-refractivity contribution in [2.45, 2.75) is 43.8 Å². The quantitative estimate of drug-likeness (QED) is 0.805. The Morgan fingerprint density at radius 2 is 1.75 bits per heavy atom. The highest BCUT2D eigenvalue weighted by Crippen LogP contribution is 2.38. The summed E-state index contributed by atoms with van der Waals surface area (Å²) in [4.78, 5) is 29.7. The van der Waals surface area contributed by atoms with Gasteiger partial charge in [0.15, 0.2) is 0 Å². The van der Waals surface area contributed by atoms with Crippen molar-refractivity contribution in [2.24, 2.45) is 0 Å². The van der Waals surface area contributed by atoms with Gasteiger partial charge in [0.25, 0.3) is 11.5 Å². The van der Waals surface area contributed by atoms with Crippen molar-refractivity contribution in [3.8, 4) is 0 Å². The number of hydrogen-bond acceptors (Lipinski definition) is 4. The number of hydrogen-bond donors (Lipinski definition) is 0. The van der Waals surface area contributed by atoms with Crippen LogP contribution in [-0.2, 0) is 6.18 Å². The molecule has 6 nitrogen and oxygen atoms in total. The van der Waals surface area contributed by atoms with E-state index in [1.165, 1.54) is 4.68 Å². The molecule has 0 N–H and O–H groups in total. The minimum Gasteiger partial charge on any atom is -0.338 e. The van der Waals surface area contributed by atoms with Crippen LogP contribution in [0, 0.1) is 0 Å². The smallest absolute Gasteiger partial charge is 0.338 e. The second-order valence-corrected chi connectivity index (χ2v) is 7.27. The van der Waals surface area contributed by atoms with E-state index < -0.39 is 11.9 Å². The van der Waals surface area contributed by atoms with E-state index in [1.807, 2.05) is 0 Å². The number of pyridine rings is 1. The SMILES string of the molecule is O=C(c1ccc(C(F)(F)F)nc1)N1CCC(n2nc(C3CC3)ccc2=O)CC1. The number of amides is 1. The summed E-state index contributed by atoms with van der Waals surface area (Å²) < 4.78 is 39.3. The van der Waals surface area contributed by atoms with Gasteiger partial charge in [0.1, 0.15) is 5.69 Å². The second-order valence-electron chi connectivity index (χ2n) is 7.27. The molecule has 1 saturated carbocycles. The van der Waals surface area contributed by atoms with Crippen molar-refractivity contribution >= 4 is 5.91 Å². The van der Waals surface area contributed by atoms with Crippen LogP contribution in [-0.4, -0.2) is 38.7 Å². The van der Waals surface area contributed by atoms with E-state index >= 15 is 0 Å². The first-order valence-electron chi connectivity index (χ1n) is 9.25. The molecule has 4 rings (SSSR count). The lowest BCUT2D eigenvalue weighted by Crippen LogP contribution is -2.41. The summed E-state index contributed by atoms with van der Waals surface area (Å²) in [5, 5.41) is 4.50. The predicted molar refractivity (Wildman–Crippen MR) is 93.9 cm³/mol. The molecular formula is C19H19F3N4O2. The Morgan fingerprint density at radius 3 is 2.32 bits per heavy atom. The van der Waals surface area contributed by atoms with Gasteiger partial charge in [0.05, 0.1) is 17.3 Å². The lowest BCUT2D eigenvalue weighted by molar-refractivity contribution is -0.141. The van der Waals surface area contributed by atoms with E-state index in [0.29, 0.717) is 31.8 Å². The van der Waals surface area contributed by atoms with Crippen LogP contribution in [0.2, 0.25) is 0 Å². The molecule has 1 aliphatic carbocycles. The van der Waals surface area contributed by atoms with Crippen molar-refractivity contribution in [1.82, 2.24) is 19.7 Å². The molecule has 2 aromatic rings. The third kappa shape index (κ3) is 3.79. The molecule has 1 aliphatic heterocycles. The Balaban J connectivity index is 1.42. The summed E-state index contributed by atoms with van der Waals surface area (Å²) in [6.07, 6.45) is -0.238. The number of carbonyl (C=O) groups excluding carboxylic acids is 1. The first-order valence-corrected chi connectivity index (χ1v) is 9.25. The maximum atomic E-state index is 12.6. The van der Waals surface area contributed by atoms with Crippen molar-refractivity contribution in [1.29, 1.82) is 0 Å². The zero-order valence-electron chi connectivity index (χ0n) is 15.0. The van der Waals surface area contributed by atoms with Gasteiger partial charge in [-0.1, -0.05) is 0 Å². The number of carbonyl (C=O) groups is 1. The van der Waals surface area contributed by atoms with E-state index in [9.17, 15) is 22.8 Å². The molecule has 0 radical (unpaired) electrons. The Kier molecular flexibility index (Phi) is 4.68. The summed E-state index contributed by atoms with van der Waals surface area (Å²) in [7, 11) is 0. The van der Waals surface area contributed by atoms with Crippen LogP contribution in [0.3, 0.4) is 0 Å². The number of alkyl halides is 3. The zero-order valence-corrected chi connectivity index (χ0v) is 15.0. The average Bonchev–Trinajstić information content (AvgIpc) is 3.53. The van der Waals surface area contributed by atoms with Crippen LogP contribution in [0.15, 0.2) is 35.3 Å². The third-order valence-corrected chi connectivity index (χ3v) is 5.24. The van der Waals surface area contributed by atoms with Crippen LogP contribution in [0.1, 0.15) is 59.4 Å². The molecule has 9 heteroatoms. The molecule has 0 atom stereocenters. The average molecular weight is 392 g/mol. The first kappa shape index (κ1) is 18.6. The highest BCUT2D eigenvalue weighted by atomic mass is 19.4. The zero-order chi connectivity index (χ0) is 19.9. The fourth-order valence-corrected chi connectivity index (χ4v) is 3.48. The predicted octanol–water partition coefficient (Wildman–Crippen LogP) is 3.01. The Morgan fingerprint density at radius 1 is 1.04 bits per heavy atom. The molecule has 0 spiro atoms. The largest absolute Gasteiger partial charge is 0.433 e. The third-order valence-electron chi connectivity index (χ3n) is 5.24. The summed E-state index contributed by atoms with van der Waals surface area (Å²) in [6.45, 7) is 0.818. The van der Waals surface area contributed by atoms with E-state index in [-0.39, 0.29) is 23.1 Å². The van der Waals surface area contributed by atoms with Crippen molar-refractivity contribution in [2.75, 3.05) is 13.1 Å². The van der Waals surface area contributed by atoms with Gasteiger partial charge in [0, 0.05) is 31.3 Å². The van der Waals surface area contributed by atoms with Gasteiger partial charge in [-0.15, -0.1) is 0 Å². The molecule has 0 aromatic carbocycles. The number of nitrogens with zero attached hydrogens (tertiary/aromatic N) is 4. The number of piperidine rings is 1. The van der Waals surface area contributed by atoms with Gasteiger partial charge in [-0.2, -0.15) is 18.3 Å². The number of aromatic nitrogens is 3. The van der Waals surface area contributed by atoms with E-state index in [1.54, 1.807) is 17.0 Å². The van der Waals surface area contributed by atoms with Crippen molar-refractivity contribution < 1.29 is 18.0 Å². The second kappa shape index (κ2) is 7.03. The molecule has 148 valence electrons. The van der Waals surface area contributed by atoms with E-state index in [2.05, 4.69) is 10.1 Å². The van der Waals surface area contributed by atoms with Crippen molar-refractivity contribution in [3.05, 3.63) is 57.8 Å². The van der Waals surface area contributed by atoms with Gasteiger partial charge in [0.2, 0.25) is 0 Å². The van der Waals surface area contributed by atoms with Gasteiger partial charge >= 0.3 is 6.18 Å². The highest BCUT2D eigenvalue weighted by molar-refractivity contribution is 5.94. The molecule has 0 unspecified atom stereocenters. The topological polar surface area (TPSA) is 68.1 Å². The van der Waals surface area contributed by atoms with Crippen LogP contribution in [0.25, 0.3) is 0 Å². The molecule has 28 heavy (non-hydrogen) atoms. The fraction of sp³-hybridized carbons (Fsp3) is 0.474. The molecule has 1 amide bonds. The molecule has 2 fully saturated rings.